The Bertz CT molecular complexity index is 880. The summed E-state index contributed by atoms with van der Waals surface area (Å²) < 4.78 is 14.0. The Morgan fingerprint density at radius 3 is 2.85 bits per heavy atom. The maximum atomic E-state index is 14.0. The Morgan fingerprint density at radius 1 is 1.30 bits per heavy atom. The number of aromatic amines is 1. The molecule has 3 heterocycles. The lowest BCUT2D eigenvalue weighted by Gasteiger charge is -2.39. The summed E-state index contributed by atoms with van der Waals surface area (Å²) in [4.78, 5) is 29.4. The zero-order valence-corrected chi connectivity index (χ0v) is 15.4. The second-order valence-electron chi connectivity index (χ2n) is 7.61. The van der Waals surface area contributed by atoms with E-state index >= 15 is 0 Å². The quantitative estimate of drug-likeness (QED) is 0.903. The van der Waals surface area contributed by atoms with E-state index < -0.39 is 5.41 Å². The van der Waals surface area contributed by atoms with Gasteiger partial charge in [-0.1, -0.05) is 18.2 Å². The number of benzene rings is 1. The molecule has 1 aromatic heterocycles. The van der Waals surface area contributed by atoms with E-state index in [1.54, 1.807) is 34.1 Å². The highest BCUT2D eigenvalue weighted by Gasteiger charge is 2.49. The topological polar surface area (TPSA) is 69.3 Å². The van der Waals surface area contributed by atoms with Gasteiger partial charge in [0.05, 0.1) is 5.41 Å². The van der Waals surface area contributed by atoms with Crippen molar-refractivity contribution < 1.29 is 14.0 Å². The number of hydrogen-bond acceptors (Lipinski definition) is 3. The third-order valence-corrected chi connectivity index (χ3v) is 5.71. The molecule has 1 spiro atoms. The smallest absolute Gasteiger partial charge is 0.274 e. The van der Waals surface area contributed by atoms with Crippen LogP contribution in [0.4, 0.5) is 4.39 Å². The predicted molar refractivity (Wildman–Crippen MR) is 97.3 cm³/mol. The van der Waals surface area contributed by atoms with Gasteiger partial charge in [-0.25, -0.2) is 4.39 Å². The van der Waals surface area contributed by atoms with Crippen LogP contribution < -0.4 is 0 Å². The van der Waals surface area contributed by atoms with Gasteiger partial charge < -0.3 is 9.80 Å². The molecular formula is C20H23FN4O2. The Morgan fingerprint density at radius 2 is 2.11 bits per heavy atom. The Balaban J connectivity index is 1.49. The lowest BCUT2D eigenvalue weighted by atomic mass is 9.78. The molecule has 6 nitrogen and oxygen atoms in total. The third-order valence-electron chi connectivity index (χ3n) is 5.71. The number of nitrogens with one attached hydrogen (secondary N) is 1. The molecule has 2 aromatic rings. The maximum absolute atomic E-state index is 14.0. The first-order chi connectivity index (χ1) is 13.0. The van der Waals surface area contributed by atoms with Gasteiger partial charge in [-0.3, -0.25) is 14.7 Å². The maximum Gasteiger partial charge on any atom is 0.274 e. The van der Waals surface area contributed by atoms with Crippen molar-refractivity contribution in [2.45, 2.75) is 32.7 Å². The van der Waals surface area contributed by atoms with Gasteiger partial charge in [0.25, 0.3) is 5.91 Å². The van der Waals surface area contributed by atoms with E-state index in [9.17, 15) is 14.0 Å². The molecule has 4 rings (SSSR count). The van der Waals surface area contributed by atoms with Gasteiger partial charge in [-0.15, -0.1) is 0 Å². The van der Waals surface area contributed by atoms with Gasteiger partial charge in [0.1, 0.15) is 11.5 Å². The number of aryl methyl sites for hydroxylation is 1. The minimum absolute atomic E-state index is 0.0329. The summed E-state index contributed by atoms with van der Waals surface area (Å²) in [6.45, 7) is 3.70. The summed E-state index contributed by atoms with van der Waals surface area (Å²) in [6, 6.07) is 8.29. The lowest BCUT2D eigenvalue weighted by Crippen LogP contribution is -2.50. The standard InChI is InChI=1S/C20H23FN4O2/c1-14-11-17(23-22-14)18(26)25-10-8-20(13-25)7-4-9-24(19(20)27)12-15-5-2-3-6-16(15)21/h2-3,5-6,11H,4,7-10,12-13H2,1H3,(H,22,23)/t20-/m1/s1. The summed E-state index contributed by atoms with van der Waals surface area (Å²) in [5.74, 6) is -0.400. The number of piperidine rings is 1. The van der Waals surface area contributed by atoms with Gasteiger partial charge in [-0.05, 0) is 38.3 Å². The lowest BCUT2D eigenvalue weighted by molar-refractivity contribution is -0.146. The van der Waals surface area contributed by atoms with E-state index in [0.29, 0.717) is 37.3 Å². The fourth-order valence-corrected chi connectivity index (χ4v) is 4.25. The summed E-state index contributed by atoms with van der Waals surface area (Å²) in [5, 5.41) is 6.82. The molecule has 142 valence electrons. The predicted octanol–water partition coefficient (Wildman–Crippen LogP) is 2.51. The average Bonchev–Trinajstić information content (AvgIpc) is 3.28. The van der Waals surface area contributed by atoms with Gasteiger partial charge in [0.15, 0.2) is 0 Å². The molecule has 1 atom stereocenters. The number of likely N-dealkylation sites (tertiary alicyclic amines) is 2. The van der Waals surface area contributed by atoms with E-state index in [-0.39, 0.29) is 24.2 Å². The van der Waals surface area contributed by atoms with Crippen LogP contribution in [0.25, 0.3) is 0 Å². The van der Waals surface area contributed by atoms with Gasteiger partial charge in [-0.2, -0.15) is 5.10 Å². The minimum atomic E-state index is -0.551. The molecule has 7 heteroatoms. The molecule has 0 radical (unpaired) electrons. The number of nitrogens with zero attached hydrogens (tertiary/aromatic N) is 3. The first-order valence-electron chi connectivity index (χ1n) is 9.33. The monoisotopic (exact) mass is 370 g/mol. The number of H-pyrrole nitrogens is 1. The van der Waals surface area contributed by atoms with E-state index in [0.717, 1.165) is 18.5 Å². The Kier molecular flexibility index (Phi) is 4.45. The fourth-order valence-electron chi connectivity index (χ4n) is 4.25. The van der Waals surface area contributed by atoms with Crippen LogP contribution in [0.3, 0.4) is 0 Å². The molecule has 27 heavy (non-hydrogen) atoms. The summed E-state index contributed by atoms with van der Waals surface area (Å²) in [5.41, 5.74) is 1.19. The molecule has 2 fully saturated rings. The fraction of sp³-hybridized carbons (Fsp3) is 0.450. The summed E-state index contributed by atoms with van der Waals surface area (Å²) >= 11 is 0. The second-order valence-corrected chi connectivity index (χ2v) is 7.61. The SMILES string of the molecule is Cc1cc(C(=O)N2CC[C@]3(CCCN(Cc4ccccc4F)C3=O)C2)n[nH]1. The van der Waals surface area contributed by atoms with Crippen molar-refractivity contribution in [3.63, 3.8) is 0 Å². The number of amides is 2. The molecule has 2 saturated heterocycles. The number of hydrogen-bond donors (Lipinski definition) is 1. The van der Waals surface area contributed by atoms with Crippen LogP contribution in [0.5, 0.6) is 0 Å². The molecule has 1 N–H and O–H groups in total. The number of aromatic nitrogens is 2. The molecule has 2 aliphatic rings. The number of carbonyl (C=O) groups excluding carboxylic acids is 2. The Hall–Kier alpha value is -2.70. The van der Waals surface area contributed by atoms with Crippen molar-refractivity contribution in [2.24, 2.45) is 5.41 Å². The van der Waals surface area contributed by atoms with E-state index in [1.807, 2.05) is 6.92 Å². The molecule has 0 aliphatic carbocycles. The molecule has 0 bridgehead atoms. The molecule has 0 unspecified atom stereocenters. The van der Waals surface area contributed by atoms with Crippen LogP contribution in [-0.2, 0) is 11.3 Å². The highest BCUT2D eigenvalue weighted by Crippen LogP contribution is 2.41. The number of halogens is 1. The van der Waals surface area contributed by atoms with Crippen LogP contribution in [0.1, 0.15) is 41.0 Å². The van der Waals surface area contributed by atoms with E-state index in [1.165, 1.54) is 6.07 Å². The first-order valence-corrected chi connectivity index (χ1v) is 9.33. The van der Waals surface area contributed by atoms with Gasteiger partial charge in [0, 0.05) is 37.4 Å². The van der Waals surface area contributed by atoms with Crippen molar-refractivity contribution in [3.05, 3.63) is 53.1 Å². The molecular weight excluding hydrogens is 347 g/mol. The van der Waals surface area contributed by atoms with E-state index in [2.05, 4.69) is 10.2 Å². The number of rotatable bonds is 3. The molecule has 2 aliphatic heterocycles. The second kappa shape index (κ2) is 6.79. The zero-order chi connectivity index (χ0) is 19.0. The van der Waals surface area contributed by atoms with E-state index in [4.69, 9.17) is 0 Å². The van der Waals surface area contributed by atoms with Crippen LogP contribution in [0.15, 0.2) is 30.3 Å². The van der Waals surface area contributed by atoms with Crippen molar-refractivity contribution in [1.29, 1.82) is 0 Å². The first kappa shape index (κ1) is 17.7. The number of carbonyl (C=O) groups is 2. The summed E-state index contributed by atoms with van der Waals surface area (Å²) in [7, 11) is 0. The van der Waals surface area contributed by atoms with Crippen molar-refractivity contribution in [2.75, 3.05) is 19.6 Å². The summed E-state index contributed by atoms with van der Waals surface area (Å²) in [6.07, 6.45) is 2.28. The van der Waals surface area contributed by atoms with Gasteiger partial charge in [0.2, 0.25) is 5.91 Å². The van der Waals surface area contributed by atoms with Crippen molar-refractivity contribution >= 4 is 11.8 Å². The van der Waals surface area contributed by atoms with Gasteiger partial charge >= 0.3 is 0 Å². The van der Waals surface area contributed by atoms with Crippen molar-refractivity contribution in [1.82, 2.24) is 20.0 Å². The van der Waals surface area contributed by atoms with Crippen molar-refractivity contribution in [3.8, 4) is 0 Å². The zero-order valence-electron chi connectivity index (χ0n) is 15.4. The Labute approximate surface area is 157 Å². The molecule has 0 saturated carbocycles. The highest BCUT2D eigenvalue weighted by molar-refractivity contribution is 5.94. The molecule has 2 amide bonds. The average molecular weight is 370 g/mol. The van der Waals surface area contributed by atoms with Crippen LogP contribution >= 0.6 is 0 Å². The largest absolute Gasteiger partial charge is 0.338 e. The van der Waals surface area contributed by atoms with Crippen LogP contribution in [0, 0.1) is 18.2 Å². The third kappa shape index (κ3) is 3.22. The molecule has 1 aromatic carbocycles. The minimum Gasteiger partial charge on any atom is -0.338 e. The van der Waals surface area contributed by atoms with Crippen LogP contribution in [0.2, 0.25) is 0 Å². The highest BCUT2D eigenvalue weighted by atomic mass is 19.1. The normalized spacial score (nSPS) is 22.7. The van der Waals surface area contributed by atoms with Crippen LogP contribution in [-0.4, -0.2) is 51.4 Å².